The standard InChI is InChI=1S/C15H18ClNO4/c1-10(18)17-8-2-3-14(19)13-6-5-12(16)9-11(13)4-7-15(20)21/h5-6,9H,2-4,7-8H2,1H3,(H,17,18)(H,20,21). The fourth-order valence-electron chi connectivity index (χ4n) is 1.93. The SMILES string of the molecule is CC(=O)NCCCC(=O)c1ccc(Cl)cc1CCC(=O)O. The smallest absolute Gasteiger partial charge is 0.303 e. The number of nitrogens with one attached hydrogen (secondary N) is 1. The van der Waals surface area contributed by atoms with Crippen LogP contribution in [0.5, 0.6) is 0 Å². The molecular formula is C15H18ClNO4. The van der Waals surface area contributed by atoms with E-state index in [4.69, 9.17) is 16.7 Å². The van der Waals surface area contributed by atoms with Gasteiger partial charge in [-0.1, -0.05) is 11.6 Å². The zero-order valence-electron chi connectivity index (χ0n) is 11.8. The van der Waals surface area contributed by atoms with Crippen molar-refractivity contribution < 1.29 is 19.5 Å². The molecule has 0 saturated heterocycles. The van der Waals surface area contributed by atoms with E-state index in [0.29, 0.717) is 35.5 Å². The van der Waals surface area contributed by atoms with E-state index in [1.54, 1.807) is 18.2 Å². The molecule has 0 radical (unpaired) electrons. The number of carbonyl (C=O) groups is 3. The molecule has 0 fully saturated rings. The molecule has 0 unspecified atom stereocenters. The van der Waals surface area contributed by atoms with Crippen LogP contribution in [0.1, 0.15) is 42.1 Å². The van der Waals surface area contributed by atoms with Crippen LogP contribution >= 0.6 is 11.6 Å². The van der Waals surface area contributed by atoms with E-state index in [2.05, 4.69) is 5.32 Å². The molecule has 0 aromatic heterocycles. The lowest BCUT2D eigenvalue weighted by molar-refractivity contribution is -0.137. The number of carboxylic acids is 1. The zero-order valence-corrected chi connectivity index (χ0v) is 12.6. The number of rotatable bonds is 8. The van der Waals surface area contributed by atoms with Crippen molar-refractivity contribution in [3.63, 3.8) is 0 Å². The van der Waals surface area contributed by atoms with E-state index in [9.17, 15) is 14.4 Å². The number of benzene rings is 1. The highest BCUT2D eigenvalue weighted by Gasteiger charge is 2.13. The van der Waals surface area contributed by atoms with E-state index in [-0.39, 0.29) is 24.5 Å². The molecule has 1 rings (SSSR count). The summed E-state index contributed by atoms with van der Waals surface area (Å²) in [6.45, 7) is 1.87. The quantitative estimate of drug-likeness (QED) is 0.570. The molecule has 1 aromatic carbocycles. The Kier molecular flexibility index (Phi) is 6.88. The van der Waals surface area contributed by atoms with Crippen molar-refractivity contribution in [1.29, 1.82) is 0 Å². The summed E-state index contributed by atoms with van der Waals surface area (Å²) in [5, 5.41) is 11.8. The van der Waals surface area contributed by atoms with Gasteiger partial charge in [0.25, 0.3) is 0 Å². The van der Waals surface area contributed by atoms with Gasteiger partial charge in [-0.15, -0.1) is 0 Å². The highest BCUT2D eigenvalue weighted by Crippen LogP contribution is 2.19. The lowest BCUT2D eigenvalue weighted by Crippen LogP contribution is -2.21. The third-order valence-electron chi connectivity index (χ3n) is 2.93. The molecule has 1 amide bonds. The summed E-state index contributed by atoms with van der Waals surface area (Å²) in [6, 6.07) is 4.87. The number of aryl methyl sites for hydroxylation is 1. The van der Waals surface area contributed by atoms with Gasteiger partial charge in [0.15, 0.2) is 5.78 Å². The minimum atomic E-state index is -0.918. The molecule has 6 heteroatoms. The molecule has 0 aliphatic heterocycles. The molecule has 0 atom stereocenters. The van der Waals surface area contributed by atoms with Gasteiger partial charge in [-0.3, -0.25) is 14.4 Å². The lowest BCUT2D eigenvalue weighted by atomic mass is 9.97. The lowest BCUT2D eigenvalue weighted by Gasteiger charge is -2.09. The highest BCUT2D eigenvalue weighted by atomic mass is 35.5. The summed E-state index contributed by atoms with van der Waals surface area (Å²) in [5.74, 6) is -1.12. The Hall–Kier alpha value is -1.88. The number of Topliss-reactive ketones (excluding diaryl/α,β-unsaturated/α-hetero) is 1. The number of ketones is 1. The predicted octanol–water partition coefficient (Wildman–Crippen LogP) is 2.46. The number of amides is 1. The minimum absolute atomic E-state index is 0.0491. The normalized spacial score (nSPS) is 10.2. The van der Waals surface area contributed by atoms with Crippen LogP contribution < -0.4 is 5.32 Å². The van der Waals surface area contributed by atoms with Crippen LogP contribution in [0.15, 0.2) is 18.2 Å². The molecule has 0 spiro atoms. The maximum atomic E-state index is 12.2. The zero-order chi connectivity index (χ0) is 15.8. The minimum Gasteiger partial charge on any atom is -0.481 e. The molecule has 0 aliphatic rings. The Morgan fingerprint density at radius 3 is 2.57 bits per heavy atom. The van der Waals surface area contributed by atoms with Crippen LogP contribution in [0.25, 0.3) is 0 Å². The van der Waals surface area contributed by atoms with E-state index in [0.717, 1.165) is 0 Å². The van der Waals surface area contributed by atoms with E-state index < -0.39 is 5.97 Å². The van der Waals surface area contributed by atoms with Crippen molar-refractivity contribution >= 4 is 29.3 Å². The number of halogens is 1. The Morgan fingerprint density at radius 1 is 1.24 bits per heavy atom. The van der Waals surface area contributed by atoms with Gasteiger partial charge in [-0.2, -0.15) is 0 Å². The van der Waals surface area contributed by atoms with Crippen molar-refractivity contribution in [2.24, 2.45) is 0 Å². The largest absolute Gasteiger partial charge is 0.481 e. The first-order valence-corrected chi connectivity index (χ1v) is 7.06. The summed E-state index contributed by atoms with van der Waals surface area (Å²) in [5.41, 5.74) is 1.15. The van der Waals surface area contributed by atoms with Crippen LogP contribution in [-0.4, -0.2) is 29.3 Å². The molecule has 114 valence electrons. The van der Waals surface area contributed by atoms with Gasteiger partial charge >= 0.3 is 5.97 Å². The molecule has 1 aromatic rings. The van der Waals surface area contributed by atoms with Gasteiger partial charge in [0.05, 0.1) is 0 Å². The van der Waals surface area contributed by atoms with Crippen molar-refractivity contribution in [3.8, 4) is 0 Å². The van der Waals surface area contributed by atoms with Crippen LogP contribution in [0.3, 0.4) is 0 Å². The summed E-state index contributed by atoms with van der Waals surface area (Å²) in [6.07, 6.45) is 1.05. The third kappa shape index (κ3) is 6.40. The molecule has 21 heavy (non-hydrogen) atoms. The van der Waals surface area contributed by atoms with E-state index in [1.165, 1.54) is 6.92 Å². The van der Waals surface area contributed by atoms with Gasteiger partial charge in [0.1, 0.15) is 0 Å². The van der Waals surface area contributed by atoms with Crippen LogP contribution in [0.2, 0.25) is 5.02 Å². The molecule has 0 heterocycles. The van der Waals surface area contributed by atoms with Crippen molar-refractivity contribution in [1.82, 2.24) is 5.32 Å². The molecule has 5 nitrogen and oxygen atoms in total. The van der Waals surface area contributed by atoms with Crippen LogP contribution in [-0.2, 0) is 16.0 Å². The first kappa shape index (κ1) is 17.2. The van der Waals surface area contributed by atoms with Crippen LogP contribution in [0.4, 0.5) is 0 Å². The number of carboxylic acid groups (broad SMARTS) is 1. The molecule has 0 aliphatic carbocycles. The fraction of sp³-hybridized carbons (Fsp3) is 0.400. The molecule has 0 bridgehead atoms. The van der Waals surface area contributed by atoms with Crippen molar-refractivity contribution in [3.05, 3.63) is 34.3 Å². The van der Waals surface area contributed by atoms with Gasteiger partial charge in [0, 0.05) is 36.9 Å². The predicted molar refractivity (Wildman–Crippen MR) is 79.7 cm³/mol. The van der Waals surface area contributed by atoms with Gasteiger partial charge < -0.3 is 10.4 Å². The second kappa shape index (κ2) is 8.42. The Morgan fingerprint density at radius 2 is 1.95 bits per heavy atom. The molecule has 0 saturated carbocycles. The van der Waals surface area contributed by atoms with Crippen molar-refractivity contribution in [2.45, 2.75) is 32.6 Å². The van der Waals surface area contributed by atoms with Gasteiger partial charge in [-0.25, -0.2) is 0 Å². The Labute approximate surface area is 128 Å². The van der Waals surface area contributed by atoms with E-state index in [1.807, 2.05) is 0 Å². The number of carbonyl (C=O) groups excluding carboxylic acids is 2. The topological polar surface area (TPSA) is 83.5 Å². The second-order valence-electron chi connectivity index (χ2n) is 4.70. The number of aliphatic carboxylic acids is 1. The number of hydrogen-bond donors (Lipinski definition) is 2. The second-order valence-corrected chi connectivity index (χ2v) is 5.14. The highest BCUT2D eigenvalue weighted by molar-refractivity contribution is 6.30. The summed E-state index contributed by atoms with van der Waals surface area (Å²) in [7, 11) is 0. The van der Waals surface area contributed by atoms with Gasteiger partial charge in [0.2, 0.25) is 5.91 Å². The van der Waals surface area contributed by atoms with Crippen LogP contribution in [0, 0.1) is 0 Å². The number of hydrogen-bond acceptors (Lipinski definition) is 3. The van der Waals surface area contributed by atoms with E-state index >= 15 is 0 Å². The Bertz CT molecular complexity index is 542. The first-order valence-electron chi connectivity index (χ1n) is 6.68. The summed E-state index contributed by atoms with van der Waals surface area (Å²) in [4.78, 5) is 33.6. The summed E-state index contributed by atoms with van der Waals surface area (Å²) < 4.78 is 0. The maximum absolute atomic E-state index is 12.2. The average molecular weight is 312 g/mol. The summed E-state index contributed by atoms with van der Waals surface area (Å²) >= 11 is 5.89. The third-order valence-corrected chi connectivity index (χ3v) is 3.17. The average Bonchev–Trinajstić information content (AvgIpc) is 2.41. The van der Waals surface area contributed by atoms with Gasteiger partial charge in [-0.05, 0) is 36.6 Å². The Balaban J connectivity index is 2.69. The molecule has 2 N–H and O–H groups in total. The first-order chi connectivity index (χ1) is 9.90. The van der Waals surface area contributed by atoms with Crippen molar-refractivity contribution in [2.75, 3.05) is 6.54 Å². The molecular weight excluding hydrogens is 294 g/mol. The fourth-order valence-corrected chi connectivity index (χ4v) is 2.13. The maximum Gasteiger partial charge on any atom is 0.303 e. The monoisotopic (exact) mass is 311 g/mol.